The van der Waals surface area contributed by atoms with E-state index in [1.165, 1.54) is 5.56 Å². The summed E-state index contributed by atoms with van der Waals surface area (Å²) < 4.78 is 0. The number of nitrogens with zero attached hydrogens (tertiary/aromatic N) is 2. The Kier molecular flexibility index (Phi) is 4.04. The Bertz CT molecular complexity index is 477. The smallest absolute Gasteiger partial charge is 0.137 e. The summed E-state index contributed by atoms with van der Waals surface area (Å²) in [5.41, 5.74) is 1.23. The zero-order chi connectivity index (χ0) is 11.4. The van der Waals surface area contributed by atoms with Gasteiger partial charge in [0.05, 0.1) is 4.90 Å². The molecule has 0 unspecified atom stereocenters. The van der Waals surface area contributed by atoms with Gasteiger partial charge in [0.15, 0.2) is 10.3 Å². The normalized spacial score (nSPS) is 10.4. The number of thioether (sulfide) groups is 1. The molecule has 0 saturated carbocycles. The second-order valence-corrected chi connectivity index (χ2v) is 4.86. The Morgan fingerprint density at radius 1 is 1.06 bits per heavy atom. The summed E-state index contributed by atoms with van der Waals surface area (Å²) in [7, 11) is 0. The molecule has 0 atom stereocenters. The molecule has 1 aromatic heterocycles. The lowest BCUT2D eigenvalue weighted by Gasteiger charge is -2.03. The quantitative estimate of drug-likeness (QED) is 0.787. The third-order valence-corrected chi connectivity index (χ3v) is 3.60. The number of benzene rings is 1. The topological polar surface area (TPSA) is 25.8 Å². The van der Waals surface area contributed by atoms with Crippen molar-refractivity contribution in [2.75, 3.05) is 0 Å². The van der Waals surface area contributed by atoms with E-state index in [2.05, 4.69) is 22.3 Å². The van der Waals surface area contributed by atoms with E-state index in [1.54, 1.807) is 17.8 Å². The standard InChI is InChI=1S/C11H8Cl2N2S/c12-10-6-9(11(13)15-14-10)16-7-8-4-2-1-3-5-8/h1-6H,7H2. The Morgan fingerprint density at radius 3 is 2.56 bits per heavy atom. The fourth-order valence-electron chi connectivity index (χ4n) is 1.17. The van der Waals surface area contributed by atoms with Crippen LogP contribution in [-0.2, 0) is 5.75 Å². The third-order valence-electron chi connectivity index (χ3n) is 1.92. The van der Waals surface area contributed by atoms with Gasteiger partial charge in [-0.05, 0) is 11.6 Å². The monoisotopic (exact) mass is 270 g/mol. The van der Waals surface area contributed by atoms with E-state index in [-0.39, 0.29) is 0 Å². The van der Waals surface area contributed by atoms with Crippen LogP contribution >= 0.6 is 35.0 Å². The number of aromatic nitrogens is 2. The predicted molar refractivity (Wildman–Crippen MR) is 68.1 cm³/mol. The summed E-state index contributed by atoms with van der Waals surface area (Å²) in [6.07, 6.45) is 0. The summed E-state index contributed by atoms with van der Waals surface area (Å²) in [6.45, 7) is 0. The molecule has 0 aliphatic heterocycles. The second kappa shape index (κ2) is 5.53. The van der Waals surface area contributed by atoms with Crippen molar-refractivity contribution in [2.45, 2.75) is 10.6 Å². The van der Waals surface area contributed by atoms with Gasteiger partial charge in [0, 0.05) is 5.75 Å². The van der Waals surface area contributed by atoms with Gasteiger partial charge in [0.25, 0.3) is 0 Å². The Labute approximate surface area is 108 Å². The first kappa shape index (κ1) is 11.7. The van der Waals surface area contributed by atoms with Crippen LogP contribution in [0.4, 0.5) is 0 Å². The van der Waals surface area contributed by atoms with Crippen molar-refractivity contribution in [3.8, 4) is 0 Å². The van der Waals surface area contributed by atoms with Crippen molar-refractivity contribution in [3.63, 3.8) is 0 Å². The van der Waals surface area contributed by atoms with Crippen LogP contribution in [0.3, 0.4) is 0 Å². The van der Waals surface area contributed by atoms with Gasteiger partial charge in [-0.2, -0.15) is 0 Å². The fourth-order valence-corrected chi connectivity index (χ4v) is 2.51. The molecule has 0 aliphatic carbocycles. The minimum Gasteiger partial charge on any atom is -0.137 e. The minimum atomic E-state index is 0.361. The van der Waals surface area contributed by atoms with Crippen molar-refractivity contribution in [1.29, 1.82) is 0 Å². The lowest BCUT2D eigenvalue weighted by Crippen LogP contribution is -1.87. The number of rotatable bonds is 3. The van der Waals surface area contributed by atoms with Gasteiger partial charge in [0.1, 0.15) is 0 Å². The molecule has 16 heavy (non-hydrogen) atoms. The van der Waals surface area contributed by atoms with Crippen molar-refractivity contribution in [1.82, 2.24) is 10.2 Å². The highest BCUT2D eigenvalue weighted by atomic mass is 35.5. The van der Waals surface area contributed by atoms with Gasteiger partial charge >= 0.3 is 0 Å². The summed E-state index contributed by atoms with van der Waals surface area (Å²) in [4.78, 5) is 0.852. The average Bonchev–Trinajstić information content (AvgIpc) is 2.32. The number of hydrogen-bond acceptors (Lipinski definition) is 3. The van der Waals surface area contributed by atoms with E-state index in [0.29, 0.717) is 10.3 Å². The van der Waals surface area contributed by atoms with Crippen molar-refractivity contribution < 1.29 is 0 Å². The van der Waals surface area contributed by atoms with E-state index >= 15 is 0 Å². The molecule has 0 saturated heterocycles. The Morgan fingerprint density at radius 2 is 1.81 bits per heavy atom. The van der Waals surface area contributed by atoms with Crippen LogP contribution in [0.1, 0.15) is 5.56 Å². The molecule has 0 fully saturated rings. The van der Waals surface area contributed by atoms with E-state index in [9.17, 15) is 0 Å². The molecular weight excluding hydrogens is 263 g/mol. The highest BCUT2D eigenvalue weighted by molar-refractivity contribution is 7.98. The first-order chi connectivity index (χ1) is 7.75. The van der Waals surface area contributed by atoms with Crippen molar-refractivity contribution in [3.05, 3.63) is 52.3 Å². The van der Waals surface area contributed by atoms with Crippen molar-refractivity contribution >= 4 is 35.0 Å². The Balaban J connectivity index is 2.08. The van der Waals surface area contributed by atoms with E-state index < -0.39 is 0 Å². The molecule has 0 amide bonds. The maximum absolute atomic E-state index is 5.91. The first-order valence-electron chi connectivity index (χ1n) is 4.61. The van der Waals surface area contributed by atoms with Gasteiger partial charge in [-0.3, -0.25) is 0 Å². The first-order valence-corrected chi connectivity index (χ1v) is 6.35. The molecular formula is C11H8Cl2N2S. The van der Waals surface area contributed by atoms with Crippen molar-refractivity contribution in [2.24, 2.45) is 0 Å². The third kappa shape index (κ3) is 3.11. The summed E-state index contributed by atoms with van der Waals surface area (Å²) in [5.74, 6) is 0.836. The van der Waals surface area contributed by atoms with E-state index in [1.807, 2.05) is 18.2 Å². The second-order valence-electron chi connectivity index (χ2n) is 3.10. The molecule has 1 heterocycles. The molecule has 0 N–H and O–H groups in total. The molecule has 0 radical (unpaired) electrons. The minimum absolute atomic E-state index is 0.361. The molecule has 0 bridgehead atoms. The average molecular weight is 271 g/mol. The van der Waals surface area contributed by atoms with E-state index in [0.717, 1.165) is 10.6 Å². The number of halogens is 2. The van der Waals surface area contributed by atoms with Gasteiger partial charge in [-0.15, -0.1) is 22.0 Å². The lowest BCUT2D eigenvalue weighted by molar-refractivity contribution is 0.998. The highest BCUT2D eigenvalue weighted by Gasteiger charge is 2.04. The van der Waals surface area contributed by atoms with Gasteiger partial charge in [-0.25, -0.2) is 0 Å². The maximum atomic E-state index is 5.91. The zero-order valence-electron chi connectivity index (χ0n) is 8.23. The van der Waals surface area contributed by atoms with Gasteiger partial charge in [-0.1, -0.05) is 53.5 Å². The van der Waals surface area contributed by atoms with Crippen LogP contribution < -0.4 is 0 Å². The van der Waals surface area contributed by atoms with Crippen LogP contribution in [0, 0.1) is 0 Å². The SMILES string of the molecule is Clc1cc(SCc2ccccc2)c(Cl)nn1. The van der Waals surface area contributed by atoms with Crippen LogP contribution in [0.5, 0.6) is 0 Å². The molecule has 5 heteroatoms. The molecule has 2 aromatic rings. The fraction of sp³-hybridized carbons (Fsp3) is 0.0909. The maximum Gasteiger partial charge on any atom is 0.165 e. The van der Waals surface area contributed by atoms with E-state index in [4.69, 9.17) is 23.2 Å². The van der Waals surface area contributed by atoms with Crippen LogP contribution in [0.15, 0.2) is 41.3 Å². The van der Waals surface area contributed by atoms with Gasteiger partial charge < -0.3 is 0 Å². The summed E-state index contributed by atoms with van der Waals surface area (Å²) in [6, 6.07) is 11.9. The number of hydrogen-bond donors (Lipinski definition) is 0. The van der Waals surface area contributed by atoms with Crippen LogP contribution in [-0.4, -0.2) is 10.2 Å². The predicted octanol–water partition coefficient (Wildman–Crippen LogP) is 4.08. The summed E-state index contributed by atoms with van der Waals surface area (Å²) in [5, 5.41) is 8.17. The largest absolute Gasteiger partial charge is 0.165 e. The molecule has 2 rings (SSSR count). The molecule has 0 aliphatic rings. The molecule has 82 valence electrons. The lowest BCUT2D eigenvalue weighted by atomic mass is 10.2. The highest BCUT2D eigenvalue weighted by Crippen LogP contribution is 2.29. The zero-order valence-corrected chi connectivity index (χ0v) is 10.6. The molecule has 2 nitrogen and oxygen atoms in total. The van der Waals surface area contributed by atoms with Crippen LogP contribution in [0.2, 0.25) is 10.3 Å². The summed E-state index contributed by atoms with van der Waals surface area (Å²) >= 11 is 13.3. The molecule has 0 spiro atoms. The van der Waals surface area contributed by atoms with Gasteiger partial charge in [0.2, 0.25) is 0 Å². The molecule has 1 aromatic carbocycles. The Hall–Kier alpha value is -0.770. The van der Waals surface area contributed by atoms with Crippen LogP contribution in [0.25, 0.3) is 0 Å².